The van der Waals surface area contributed by atoms with Crippen LogP contribution in [0.1, 0.15) is 13.3 Å². The van der Waals surface area contributed by atoms with Crippen LogP contribution in [0.2, 0.25) is 0 Å². The highest BCUT2D eigenvalue weighted by Gasteiger charge is 1.66. The Kier molecular flexibility index (Phi) is 4.58. The lowest BCUT2D eigenvalue weighted by molar-refractivity contribution is 0.882. The van der Waals surface area contributed by atoms with Crippen molar-refractivity contribution in [2.45, 2.75) is 13.3 Å². The number of rotatable bonds is 2. The first-order chi connectivity index (χ1) is 2.41. The molecule has 0 spiro atoms. The monoisotopic (exact) mass is 90.0 g/mol. The summed E-state index contributed by atoms with van der Waals surface area (Å²) in [5.41, 5.74) is 0. The highest BCUT2D eigenvalue weighted by atomic mass is 32.1. The normalized spacial score (nSPS) is 8.40. The molecule has 0 aromatic rings. The van der Waals surface area contributed by atoms with Crippen LogP contribution in [-0.4, -0.2) is 6.54 Å². The molecule has 31 valence electrons. The Balaban J connectivity index is 2.19. The van der Waals surface area contributed by atoms with Crippen LogP contribution in [0.25, 0.3) is 0 Å². The second kappa shape index (κ2) is 4.31. The molecule has 0 fully saturated rings. The van der Waals surface area contributed by atoms with E-state index < -0.39 is 0 Å². The topological polar surface area (TPSA) is 12.0 Å². The molecular weight excluding hydrogens is 82.1 g/mol. The molecule has 0 saturated carbocycles. The molecule has 0 heterocycles. The molecule has 1 N–H and O–H groups in total. The van der Waals surface area contributed by atoms with Crippen LogP contribution >= 0.6 is 12.8 Å². The molecule has 0 aromatic heterocycles. The molecule has 0 aromatic carbocycles. The number of hydrogen-bond donors (Lipinski definition) is 1. The van der Waals surface area contributed by atoms with Gasteiger partial charge in [0.05, 0.1) is 0 Å². The van der Waals surface area contributed by atoms with Crippen molar-refractivity contribution < 1.29 is 0 Å². The summed E-state index contributed by atoms with van der Waals surface area (Å²) in [5, 5.41) is 0. The highest BCUT2D eigenvalue weighted by Crippen LogP contribution is 1.67. The molecule has 1 radical (unpaired) electrons. The van der Waals surface area contributed by atoms with Crippen molar-refractivity contribution in [1.29, 1.82) is 0 Å². The predicted molar refractivity (Wildman–Crippen MR) is 25.9 cm³/mol. The minimum Gasteiger partial charge on any atom is -0.254 e. The smallest absolute Gasteiger partial charge is 0.00641 e. The average Bonchev–Trinajstić information content (AvgIpc) is 1.41. The van der Waals surface area contributed by atoms with Crippen molar-refractivity contribution in [2.75, 3.05) is 6.54 Å². The van der Waals surface area contributed by atoms with Gasteiger partial charge in [-0.15, -0.1) is 0 Å². The van der Waals surface area contributed by atoms with Gasteiger partial charge < -0.3 is 0 Å². The van der Waals surface area contributed by atoms with E-state index in [4.69, 9.17) is 0 Å². The summed E-state index contributed by atoms with van der Waals surface area (Å²) < 4.78 is 2.60. The van der Waals surface area contributed by atoms with Crippen molar-refractivity contribution in [3.63, 3.8) is 0 Å². The molecular formula is C3H8NS. The van der Waals surface area contributed by atoms with E-state index in [0.717, 1.165) is 13.0 Å². The van der Waals surface area contributed by atoms with E-state index in [0.29, 0.717) is 0 Å². The van der Waals surface area contributed by atoms with E-state index in [1.165, 1.54) is 0 Å². The van der Waals surface area contributed by atoms with Crippen molar-refractivity contribution >= 4 is 12.8 Å². The van der Waals surface area contributed by atoms with Crippen molar-refractivity contribution in [3.05, 3.63) is 0 Å². The van der Waals surface area contributed by atoms with Gasteiger partial charge in [0, 0.05) is 19.4 Å². The van der Waals surface area contributed by atoms with E-state index in [9.17, 15) is 0 Å². The van der Waals surface area contributed by atoms with Crippen molar-refractivity contribution in [2.24, 2.45) is 0 Å². The standard InChI is InChI=1S/C3H8NS/c1-2-3-4-5/h4H,2-3H2,1H3. The van der Waals surface area contributed by atoms with Gasteiger partial charge in [0.15, 0.2) is 0 Å². The molecule has 0 rings (SSSR count). The fraction of sp³-hybridized carbons (Fsp3) is 1.00. The summed E-state index contributed by atoms with van der Waals surface area (Å²) in [6, 6.07) is 0. The zero-order valence-electron chi connectivity index (χ0n) is 3.32. The predicted octanol–water partition coefficient (Wildman–Crippen LogP) is 1.10. The molecule has 0 aliphatic rings. The van der Waals surface area contributed by atoms with E-state index in [1.807, 2.05) is 0 Å². The molecule has 0 aliphatic carbocycles. The molecule has 2 heteroatoms. The minimum absolute atomic E-state index is 0.954. The van der Waals surface area contributed by atoms with Gasteiger partial charge in [-0.05, 0) is 6.42 Å². The molecule has 0 aliphatic heterocycles. The molecule has 0 atom stereocenters. The Bertz CT molecular complexity index is 14.4. The Hall–Kier alpha value is 0.310. The van der Waals surface area contributed by atoms with Crippen molar-refractivity contribution in [3.8, 4) is 0 Å². The third kappa shape index (κ3) is 4.31. The van der Waals surface area contributed by atoms with E-state index in [-0.39, 0.29) is 0 Å². The highest BCUT2D eigenvalue weighted by molar-refractivity contribution is 7.78. The second-order valence-corrected chi connectivity index (χ2v) is 1.18. The maximum Gasteiger partial charge on any atom is 0.00641 e. The van der Waals surface area contributed by atoms with Gasteiger partial charge in [0.25, 0.3) is 0 Å². The van der Waals surface area contributed by atoms with E-state index in [2.05, 4.69) is 24.5 Å². The average molecular weight is 90.2 g/mol. The number of nitrogens with one attached hydrogen (secondary N) is 1. The number of hydrogen-bond acceptors (Lipinski definition) is 1. The summed E-state index contributed by atoms with van der Waals surface area (Å²) in [5.74, 6) is 0. The fourth-order valence-corrected chi connectivity index (χ4v) is 0.306. The van der Waals surface area contributed by atoms with Gasteiger partial charge in [-0.2, -0.15) is 0 Å². The zero-order chi connectivity index (χ0) is 4.12. The Morgan fingerprint density at radius 1 is 1.80 bits per heavy atom. The van der Waals surface area contributed by atoms with Gasteiger partial charge in [0.2, 0.25) is 0 Å². The van der Waals surface area contributed by atoms with Crippen LogP contribution in [0.4, 0.5) is 0 Å². The van der Waals surface area contributed by atoms with Crippen LogP contribution in [0, 0.1) is 0 Å². The molecule has 0 bridgehead atoms. The Morgan fingerprint density at radius 2 is 2.40 bits per heavy atom. The maximum absolute atomic E-state index is 4.40. The van der Waals surface area contributed by atoms with Gasteiger partial charge in [0.1, 0.15) is 0 Å². The third-order valence-corrected chi connectivity index (χ3v) is 0.556. The first-order valence-corrected chi connectivity index (χ1v) is 2.17. The second-order valence-electron chi connectivity index (χ2n) is 0.894. The quantitative estimate of drug-likeness (QED) is 0.535. The van der Waals surface area contributed by atoms with Crippen LogP contribution < -0.4 is 4.72 Å². The first kappa shape index (κ1) is 5.31. The molecule has 5 heavy (non-hydrogen) atoms. The summed E-state index contributed by atoms with van der Waals surface area (Å²) >= 11 is 4.40. The van der Waals surface area contributed by atoms with Crippen LogP contribution in [0.15, 0.2) is 0 Å². The van der Waals surface area contributed by atoms with Gasteiger partial charge in [-0.3, -0.25) is 4.72 Å². The molecule has 0 amide bonds. The summed E-state index contributed by atoms with van der Waals surface area (Å²) in [6.07, 6.45) is 1.13. The molecule has 0 unspecified atom stereocenters. The third-order valence-electron chi connectivity index (χ3n) is 0.352. The van der Waals surface area contributed by atoms with Crippen molar-refractivity contribution in [1.82, 2.24) is 4.72 Å². The van der Waals surface area contributed by atoms with Gasteiger partial charge >= 0.3 is 0 Å². The Labute approximate surface area is 38.3 Å². The minimum atomic E-state index is 0.954. The SMILES string of the molecule is CCCN[S]. The summed E-state index contributed by atoms with van der Waals surface area (Å²) in [4.78, 5) is 0. The van der Waals surface area contributed by atoms with Crippen LogP contribution in [0.3, 0.4) is 0 Å². The molecule has 0 saturated heterocycles. The summed E-state index contributed by atoms with van der Waals surface area (Å²) in [7, 11) is 0. The lowest BCUT2D eigenvalue weighted by Gasteiger charge is -1.81. The lowest BCUT2D eigenvalue weighted by Crippen LogP contribution is -1.96. The van der Waals surface area contributed by atoms with Gasteiger partial charge in [-0.1, -0.05) is 6.92 Å². The Morgan fingerprint density at radius 3 is 2.40 bits per heavy atom. The summed E-state index contributed by atoms with van der Waals surface area (Å²) in [6.45, 7) is 3.04. The van der Waals surface area contributed by atoms with E-state index in [1.54, 1.807) is 0 Å². The van der Waals surface area contributed by atoms with Crippen LogP contribution in [0.5, 0.6) is 0 Å². The fourth-order valence-electron chi connectivity index (χ4n) is 0.102. The van der Waals surface area contributed by atoms with Gasteiger partial charge in [-0.25, -0.2) is 0 Å². The molecule has 1 nitrogen and oxygen atoms in total. The lowest BCUT2D eigenvalue weighted by atomic mass is 10.5. The van der Waals surface area contributed by atoms with Crippen LogP contribution in [-0.2, 0) is 0 Å². The maximum atomic E-state index is 4.40. The zero-order valence-corrected chi connectivity index (χ0v) is 4.14. The van der Waals surface area contributed by atoms with E-state index >= 15 is 0 Å². The first-order valence-electron chi connectivity index (χ1n) is 1.76. The largest absolute Gasteiger partial charge is 0.254 e.